The number of carbonyl (C=O) groups excluding carboxylic acids is 2. The van der Waals surface area contributed by atoms with E-state index in [4.69, 9.17) is 0 Å². The summed E-state index contributed by atoms with van der Waals surface area (Å²) in [6.07, 6.45) is 5.48. The molecule has 1 aromatic carbocycles. The van der Waals surface area contributed by atoms with Gasteiger partial charge in [-0.1, -0.05) is 37.3 Å². The molecule has 0 bridgehead atoms. The molecule has 1 heterocycles. The summed E-state index contributed by atoms with van der Waals surface area (Å²) in [7, 11) is 0. The molecular formula is C20H26N2O2S. The van der Waals surface area contributed by atoms with Crippen molar-refractivity contribution in [2.45, 2.75) is 56.9 Å². The molecule has 2 N–H and O–H groups in total. The number of rotatable bonds is 4. The van der Waals surface area contributed by atoms with E-state index in [0.717, 1.165) is 36.2 Å². The van der Waals surface area contributed by atoms with Crippen LogP contribution in [-0.2, 0) is 9.59 Å². The summed E-state index contributed by atoms with van der Waals surface area (Å²) in [4.78, 5) is 25.6. The third kappa shape index (κ3) is 4.46. The number of amides is 2. The summed E-state index contributed by atoms with van der Waals surface area (Å²) in [5.41, 5.74) is 1.04. The summed E-state index contributed by atoms with van der Waals surface area (Å²) < 4.78 is 0. The minimum Gasteiger partial charge on any atom is -0.353 e. The summed E-state index contributed by atoms with van der Waals surface area (Å²) in [5.74, 6) is 0.131. The van der Waals surface area contributed by atoms with Gasteiger partial charge in [0.25, 0.3) is 5.91 Å². The van der Waals surface area contributed by atoms with Crippen molar-refractivity contribution in [1.29, 1.82) is 0 Å². The van der Waals surface area contributed by atoms with E-state index in [9.17, 15) is 9.59 Å². The Morgan fingerprint density at radius 2 is 2.12 bits per heavy atom. The van der Waals surface area contributed by atoms with E-state index >= 15 is 0 Å². The quantitative estimate of drug-likeness (QED) is 0.812. The van der Waals surface area contributed by atoms with E-state index in [0.29, 0.717) is 5.25 Å². The highest BCUT2D eigenvalue weighted by Gasteiger charge is 2.39. The fourth-order valence-corrected chi connectivity index (χ4v) is 4.69. The Labute approximate surface area is 153 Å². The third-order valence-corrected chi connectivity index (χ3v) is 6.50. The van der Waals surface area contributed by atoms with Crippen LogP contribution in [0.4, 0.5) is 0 Å². The third-order valence-electron chi connectivity index (χ3n) is 5.07. The smallest absolute Gasteiger partial charge is 0.257 e. The normalized spacial score (nSPS) is 28.8. The van der Waals surface area contributed by atoms with Gasteiger partial charge in [-0.25, -0.2) is 0 Å². The number of benzene rings is 1. The second kappa shape index (κ2) is 8.09. The molecule has 2 fully saturated rings. The van der Waals surface area contributed by atoms with Crippen LogP contribution < -0.4 is 10.6 Å². The van der Waals surface area contributed by atoms with Gasteiger partial charge in [0.1, 0.15) is 0 Å². The minimum atomic E-state index is -0.0157. The molecule has 1 aromatic rings. The monoisotopic (exact) mass is 358 g/mol. The van der Waals surface area contributed by atoms with Crippen LogP contribution >= 0.6 is 11.8 Å². The van der Waals surface area contributed by atoms with E-state index < -0.39 is 0 Å². The van der Waals surface area contributed by atoms with Crippen molar-refractivity contribution in [2.24, 2.45) is 5.92 Å². The SMILES string of the molecule is CCC(C)NC(=O)C1CCC2S/C(=C/c3ccccc3)C(=O)NC2C1. The summed E-state index contributed by atoms with van der Waals surface area (Å²) >= 11 is 1.67. The molecule has 1 saturated heterocycles. The molecule has 4 nitrogen and oxygen atoms in total. The lowest BCUT2D eigenvalue weighted by Gasteiger charge is -2.39. The number of carbonyl (C=O) groups is 2. The van der Waals surface area contributed by atoms with Crippen LogP contribution in [0.15, 0.2) is 35.2 Å². The summed E-state index contributed by atoms with van der Waals surface area (Å²) in [6, 6.07) is 10.2. The molecule has 5 heteroatoms. The van der Waals surface area contributed by atoms with Crippen molar-refractivity contribution < 1.29 is 9.59 Å². The Morgan fingerprint density at radius 1 is 1.36 bits per heavy atom. The van der Waals surface area contributed by atoms with Gasteiger partial charge in [-0.2, -0.15) is 0 Å². The van der Waals surface area contributed by atoms with Crippen LogP contribution in [-0.4, -0.2) is 29.1 Å². The molecule has 0 radical (unpaired) electrons. The van der Waals surface area contributed by atoms with Crippen molar-refractivity contribution in [3.8, 4) is 0 Å². The minimum absolute atomic E-state index is 0.0100. The zero-order chi connectivity index (χ0) is 17.8. The Hall–Kier alpha value is -1.75. The van der Waals surface area contributed by atoms with Gasteiger partial charge in [-0.3, -0.25) is 9.59 Å². The fourth-order valence-electron chi connectivity index (χ4n) is 3.39. The van der Waals surface area contributed by atoms with Gasteiger partial charge in [-0.15, -0.1) is 11.8 Å². The first-order chi connectivity index (χ1) is 12.1. The van der Waals surface area contributed by atoms with E-state index in [2.05, 4.69) is 17.6 Å². The average Bonchev–Trinajstić information content (AvgIpc) is 2.62. The highest BCUT2D eigenvalue weighted by molar-refractivity contribution is 8.04. The van der Waals surface area contributed by atoms with E-state index in [-0.39, 0.29) is 29.8 Å². The molecule has 0 aromatic heterocycles. The van der Waals surface area contributed by atoms with Crippen LogP contribution in [0.1, 0.15) is 45.1 Å². The highest BCUT2D eigenvalue weighted by Crippen LogP contribution is 2.39. The van der Waals surface area contributed by atoms with Gasteiger partial charge >= 0.3 is 0 Å². The first kappa shape index (κ1) is 18.1. The van der Waals surface area contributed by atoms with Gasteiger partial charge in [0.05, 0.1) is 4.91 Å². The molecular weight excluding hydrogens is 332 g/mol. The van der Waals surface area contributed by atoms with Crippen molar-refractivity contribution in [2.75, 3.05) is 0 Å². The second-order valence-electron chi connectivity index (χ2n) is 6.98. The Bertz CT molecular complexity index is 659. The predicted molar refractivity (Wildman–Crippen MR) is 103 cm³/mol. The van der Waals surface area contributed by atoms with Crippen molar-refractivity contribution in [3.05, 3.63) is 40.8 Å². The maximum atomic E-state index is 12.5. The van der Waals surface area contributed by atoms with Gasteiger partial charge in [0, 0.05) is 23.3 Å². The average molecular weight is 359 g/mol. The van der Waals surface area contributed by atoms with Gasteiger partial charge in [0.15, 0.2) is 0 Å². The maximum absolute atomic E-state index is 12.5. The number of thioether (sulfide) groups is 1. The zero-order valence-corrected chi connectivity index (χ0v) is 15.6. The Morgan fingerprint density at radius 3 is 2.84 bits per heavy atom. The molecule has 4 atom stereocenters. The molecule has 2 aliphatic rings. The van der Waals surface area contributed by atoms with Crippen molar-refractivity contribution in [1.82, 2.24) is 10.6 Å². The number of fused-ring (bicyclic) bond motifs is 1. The second-order valence-corrected chi connectivity index (χ2v) is 8.26. The van der Waals surface area contributed by atoms with Crippen LogP contribution in [0.5, 0.6) is 0 Å². The van der Waals surface area contributed by atoms with Crippen LogP contribution in [0.2, 0.25) is 0 Å². The van der Waals surface area contributed by atoms with Crippen molar-refractivity contribution >= 4 is 29.7 Å². The standard InChI is InChI=1S/C20H26N2O2S/c1-3-13(2)21-19(23)15-9-10-17-16(12-15)22-20(24)18(25-17)11-14-7-5-4-6-8-14/h4-8,11,13,15-17H,3,9-10,12H2,1-2H3,(H,21,23)(H,22,24)/b18-11+. The molecule has 1 saturated carbocycles. The largest absolute Gasteiger partial charge is 0.353 e. The van der Waals surface area contributed by atoms with E-state index in [1.165, 1.54) is 0 Å². The lowest BCUT2D eigenvalue weighted by atomic mass is 9.84. The lowest BCUT2D eigenvalue weighted by Crippen LogP contribution is -2.52. The molecule has 1 aliphatic heterocycles. The summed E-state index contributed by atoms with van der Waals surface area (Å²) in [6.45, 7) is 4.10. The Balaban J connectivity index is 1.63. The molecule has 4 unspecified atom stereocenters. The van der Waals surface area contributed by atoms with Gasteiger partial charge < -0.3 is 10.6 Å². The topological polar surface area (TPSA) is 58.2 Å². The first-order valence-corrected chi connectivity index (χ1v) is 9.99. The van der Waals surface area contributed by atoms with E-state index in [1.807, 2.05) is 43.3 Å². The molecule has 134 valence electrons. The number of nitrogens with one attached hydrogen (secondary N) is 2. The maximum Gasteiger partial charge on any atom is 0.257 e. The molecule has 1 aliphatic carbocycles. The number of hydrogen-bond donors (Lipinski definition) is 2. The van der Waals surface area contributed by atoms with E-state index in [1.54, 1.807) is 11.8 Å². The van der Waals surface area contributed by atoms with Crippen LogP contribution in [0.3, 0.4) is 0 Å². The zero-order valence-electron chi connectivity index (χ0n) is 14.8. The molecule has 0 spiro atoms. The molecule has 25 heavy (non-hydrogen) atoms. The van der Waals surface area contributed by atoms with Crippen molar-refractivity contribution in [3.63, 3.8) is 0 Å². The molecule has 3 rings (SSSR count). The lowest BCUT2D eigenvalue weighted by molar-refractivity contribution is -0.127. The van der Waals surface area contributed by atoms with Gasteiger partial charge in [0.2, 0.25) is 5.91 Å². The number of hydrogen-bond acceptors (Lipinski definition) is 3. The Kier molecular flexibility index (Phi) is 5.84. The molecule has 2 amide bonds. The fraction of sp³-hybridized carbons (Fsp3) is 0.500. The predicted octanol–water partition coefficient (Wildman–Crippen LogP) is 3.34. The first-order valence-electron chi connectivity index (χ1n) is 9.11. The highest BCUT2D eigenvalue weighted by atomic mass is 32.2. The van der Waals surface area contributed by atoms with Crippen LogP contribution in [0.25, 0.3) is 6.08 Å². The summed E-state index contributed by atoms with van der Waals surface area (Å²) in [5, 5.41) is 6.57. The van der Waals surface area contributed by atoms with Crippen LogP contribution in [0, 0.1) is 5.92 Å². The van der Waals surface area contributed by atoms with Gasteiger partial charge in [-0.05, 0) is 44.2 Å².